The van der Waals surface area contributed by atoms with Crippen molar-refractivity contribution >= 4 is 11.0 Å². The lowest BCUT2D eigenvalue weighted by molar-refractivity contribution is 0.552. The standard InChI is InChI=1S/C12H13NO/c13-7-8-1-2-10-6-12(9-3-4-9)14-11(10)5-8/h1-2,5-6,9H,3-4,7,13H2. The van der Waals surface area contributed by atoms with Crippen LogP contribution >= 0.6 is 0 Å². The molecule has 0 amide bonds. The van der Waals surface area contributed by atoms with Gasteiger partial charge in [-0.15, -0.1) is 0 Å². The molecule has 2 heteroatoms. The molecule has 0 bridgehead atoms. The van der Waals surface area contributed by atoms with Gasteiger partial charge in [0.25, 0.3) is 0 Å². The van der Waals surface area contributed by atoms with Gasteiger partial charge in [0.1, 0.15) is 11.3 Å². The molecule has 1 fully saturated rings. The minimum atomic E-state index is 0.579. The highest BCUT2D eigenvalue weighted by Gasteiger charge is 2.27. The highest BCUT2D eigenvalue weighted by molar-refractivity contribution is 5.78. The lowest BCUT2D eigenvalue weighted by Gasteiger charge is -1.94. The van der Waals surface area contributed by atoms with Crippen LogP contribution in [0.15, 0.2) is 28.7 Å². The van der Waals surface area contributed by atoms with Crippen molar-refractivity contribution in [1.29, 1.82) is 0 Å². The second-order valence-corrected chi connectivity index (χ2v) is 4.00. The monoisotopic (exact) mass is 187 g/mol. The highest BCUT2D eigenvalue weighted by Crippen LogP contribution is 2.42. The maximum atomic E-state index is 5.78. The number of benzene rings is 1. The summed E-state index contributed by atoms with van der Waals surface area (Å²) in [5.74, 6) is 1.83. The number of hydrogen-bond donors (Lipinski definition) is 1. The Morgan fingerprint density at radius 1 is 1.29 bits per heavy atom. The molecule has 1 aliphatic rings. The van der Waals surface area contributed by atoms with Crippen molar-refractivity contribution in [3.05, 3.63) is 35.6 Å². The summed E-state index contributed by atoms with van der Waals surface area (Å²) in [7, 11) is 0. The van der Waals surface area contributed by atoms with Crippen LogP contribution in [0.4, 0.5) is 0 Å². The fourth-order valence-corrected chi connectivity index (χ4v) is 1.79. The van der Waals surface area contributed by atoms with Crippen molar-refractivity contribution in [2.24, 2.45) is 5.73 Å². The zero-order valence-corrected chi connectivity index (χ0v) is 7.99. The summed E-state index contributed by atoms with van der Waals surface area (Å²) in [6, 6.07) is 8.36. The Kier molecular flexibility index (Phi) is 1.64. The quantitative estimate of drug-likeness (QED) is 0.785. The second-order valence-electron chi connectivity index (χ2n) is 4.00. The molecule has 2 aromatic rings. The van der Waals surface area contributed by atoms with E-state index in [-0.39, 0.29) is 0 Å². The number of rotatable bonds is 2. The van der Waals surface area contributed by atoms with Crippen molar-refractivity contribution in [3.63, 3.8) is 0 Å². The van der Waals surface area contributed by atoms with Gasteiger partial charge in [0, 0.05) is 17.8 Å². The second kappa shape index (κ2) is 2.85. The van der Waals surface area contributed by atoms with Crippen molar-refractivity contribution in [2.45, 2.75) is 25.3 Å². The maximum absolute atomic E-state index is 5.78. The molecular formula is C12H13NO. The van der Waals surface area contributed by atoms with Gasteiger partial charge in [-0.3, -0.25) is 0 Å². The Hall–Kier alpha value is -1.28. The van der Waals surface area contributed by atoms with Gasteiger partial charge in [0.05, 0.1) is 0 Å². The fraction of sp³-hybridized carbons (Fsp3) is 0.333. The van der Waals surface area contributed by atoms with Gasteiger partial charge in [-0.2, -0.15) is 0 Å². The van der Waals surface area contributed by atoms with E-state index in [1.54, 1.807) is 0 Å². The van der Waals surface area contributed by atoms with Crippen LogP contribution in [0.3, 0.4) is 0 Å². The van der Waals surface area contributed by atoms with E-state index in [9.17, 15) is 0 Å². The summed E-state index contributed by atoms with van der Waals surface area (Å²) in [4.78, 5) is 0. The predicted octanol–water partition coefficient (Wildman–Crippen LogP) is 2.77. The molecule has 1 saturated carbocycles. The maximum Gasteiger partial charge on any atom is 0.134 e. The normalized spacial score (nSPS) is 16.4. The van der Waals surface area contributed by atoms with Gasteiger partial charge >= 0.3 is 0 Å². The molecule has 0 saturated heterocycles. The minimum absolute atomic E-state index is 0.579. The van der Waals surface area contributed by atoms with E-state index in [4.69, 9.17) is 10.2 Å². The lowest BCUT2D eigenvalue weighted by Crippen LogP contribution is -1.94. The summed E-state index contributed by atoms with van der Waals surface area (Å²) in [6.45, 7) is 0.579. The van der Waals surface area contributed by atoms with Gasteiger partial charge in [-0.05, 0) is 30.5 Å². The van der Waals surface area contributed by atoms with Gasteiger partial charge < -0.3 is 10.2 Å². The van der Waals surface area contributed by atoms with Crippen molar-refractivity contribution in [2.75, 3.05) is 0 Å². The van der Waals surface area contributed by atoms with E-state index in [2.05, 4.69) is 18.2 Å². The third-order valence-electron chi connectivity index (χ3n) is 2.82. The summed E-state index contributed by atoms with van der Waals surface area (Å²) in [5, 5.41) is 1.20. The molecule has 0 radical (unpaired) electrons. The average Bonchev–Trinajstić information content (AvgIpc) is 2.97. The topological polar surface area (TPSA) is 39.2 Å². The van der Waals surface area contributed by atoms with Crippen LogP contribution in [0.2, 0.25) is 0 Å². The molecule has 0 unspecified atom stereocenters. The summed E-state index contributed by atoms with van der Waals surface area (Å²) >= 11 is 0. The van der Waals surface area contributed by atoms with E-state index in [1.165, 1.54) is 18.2 Å². The number of hydrogen-bond acceptors (Lipinski definition) is 2. The smallest absolute Gasteiger partial charge is 0.134 e. The highest BCUT2D eigenvalue weighted by atomic mass is 16.3. The van der Waals surface area contributed by atoms with E-state index in [0.717, 1.165) is 16.9 Å². The lowest BCUT2D eigenvalue weighted by atomic mass is 10.1. The van der Waals surface area contributed by atoms with Crippen LogP contribution < -0.4 is 5.73 Å². The van der Waals surface area contributed by atoms with Crippen molar-refractivity contribution in [3.8, 4) is 0 Å². The third kappa shape index (κ3) is 1.23. The molecule has 2 N–H and O–H groups in total. The number of nitrogens with two attached hydrogens (primary N) is 1. The van der Waals surface area contributed by atoms with E-state index >= 15 is 0 Å². The van der Waals surface area contributed by atoms with Crippen LogP contribution in [-0.2, 0) is 6.54 Å². The minimum Gasteiger partial charge on any atom is -0.461 e. The Labute approximate surface area is 82.7 Å². The Morgan fingerprint density at radius 3 is 2.86 bits per heavy atom. The van der Waals surface area contributed by atoms with Gasteiger partial charge in [0.2, 0.25) is 0 Å². The fourth-order valence-electron chi connectivity index (χ4n) is 1.79. The first kappa shape index (κ1) is 8.06. The molecule has 2 nitrogen and oxygen atoms in total. The third-order valence-corrected chi connectivity index (χ3v) is 2.82. The first-order valence-corrected chi connectivity index (χ1v) is 5.09. The number of furan rings is 1. The van der Waals surface area contributed by atoms with Crippen LogP contribution in [0.25, 0.3) is 11.0 Å². The Morgan fingerprint density at radius 2 is 2.14 bits per heavy atom. The number of fused-ring (bicyclic) bond motifs is 1. The van der Waals surface area contributed by atoms with Gasteiger partial charge in [-0.1, -0.05) is 12.1 Å². The van der Waals surface area contributed by atoms with Gasteiger partial charge in [-0.25, -0.2) is 0 Å². The van der Waals surface area contributed by atoms with Gasteiger partial charge in [0.15, 0.2) is 0 Å². The summed E-state index contributed by atoms with van der Waals surface area (Å²) < 4.78 is 5.78. The largest absolute Gasteiger partial charge is 0.461 e. The SMILES string of the molecule is NCc1ccc2cc(C3CC3)oc2c1. The molecule has 0 spiro atoms. The zero-order valence-electron chi connectivity index (χ0n) is 7.99. The summed E-state index contributed by atoms with van der Waals surface area (Å²) in [5.41, 5.74) is 7.69. The van der Waals surface area contributed by atoms with Crippen LogP contribution in [0.5, 0.6) is 0 Å². The van der Waals surface area contributed by atoms with Crippen LogP contribution in [-0.4, -0.2) is 0 Å². The first-order chi connectivity index (χ1) is 6.86. The first-order valence-electron chi connectivity index (χ1n) is 5.09. The van der Waals surface area contributed by atoms with Crippen LogP contribution in [0, 0.1) is 0 Å². The van der Waals surface area contributed by atoms with E-state index in [0.29, 0.717) is 12.5 Å². The molecule has 3 rings (SSSR count). The van der Waals surface area contributed by atoms with E-state index < -0.39 is 0 Å². The predicted molar refractivity (Wildman–Crippen MR) is 56.1 cm³/mol. The summed E-state index contributed by atoms with van der Waals surface area (Å²) in [6.07, 6.45) is 2.56. The zero-order chi connectivity index (χ0) is 9.54. The van der Waals surface area contributed by atoms with Crippen molar-refractivity contribution < 1.29 is 4.42 Å². The molecule has 14 heavy (non-hydrogen) atoms. The van der Waals surface area contributed by atoms with Crippen LogP contribution in [0.1, 0.15) is 30.1 Å². The Bertz CT molecular complexity index is 468. The molecule has 1 aromatic carbocycles. The molecule has 1 heterocycles. The molecule has 1 aliphatic carbocycles. The molecule has 0 aliphatic heterocycles. The molecule has 72 valence electrons. The molecule has 0 atom stereocenters. The molecule has 1 aromatic heterocycles. The Balaban J connectivity index is 2.12. The van der Waals surface area contributed by atoms with E-state index in [1.807, 2.05) is 6.07 Å². The average molecular weight is 187 g/mol. The van der Waals surface area contributed by atoms with Crippen molar-refractivity contribution in [1.82, 2.24) is 0 Å². The molecular weight excluding hydrogens is 174 g/mol.